The van der Waals surface area contributed by atoms with Crippen molar-refractivity contribution >= 4 is 11.6 Å². The maximum absolute atomic E-state index is 12.2. The fourth-order valence-electron chi connectivity index (χ4n) is 3.66. The fraction of sp³-hybridized carbons (Fsp3) is 0.611. The van der Waals surface area contributed by atoms with Crippen LogP contribution < -0.4 is 10.2 Å². The summed E-state index contributed by atoms with van der Waals surface area (Å²) >= 11 is 0. The molecule has 0 unspecified atom stereocenters. The summed E-state index contributed by atoms with van der Waals surface area (Å²) in [6, 6.07) is 6.67. The van der Waals surface area contributed by atoms with Gasteiger partial charge < -0.3 is 15.0 Å². The first kappa shape index (κ1) is 15.5. The van der Waals surface area contributed by atoms with E-state index in [1.54, 1.807) is 7.11 Å². The van der Waals surface area contributed by atoms with E-state index in [2.05, 4.69) is 23.5 Å². The van der Waals surface area contributed by atoms with Crippen LogP contribution in [0.4, 0.5) is 5.69 Å². The Labute approximate surface area is 132 Å². The number of hydrogen-bond donors (Lipinski definition) is 1. The van der Waals surface area contributed by atoms with Crippen molar-refractivity contribution in [2.24, 2.45) is 5.92 Å². The molecule has 1 aromatic carbocycles. The van der Waals surface area contributed by atoms with Crippen molar-refractivity contribution in [3.05, 3.63) is 29.3 Å². The Morgan fingerprint density at radius 3 is 2.95 bits per heavy atom. The first-order valence-corrected chi connectivity index (χ1v) is 8.40. The monoisotopic (exact) mass is 302 g/mol. The summed E-state index contributed by atoms with van der Waals surface area (Å²) in [5, 5.41) is 3.42. The number of ether oxygens (including phenoxy) is 1. The Balaban J connectivity index is 1.73. The number of benzene rings is 1. The predicted molar refractivity (Wildman–Crippen MR) is 88.3 cm³/mol. The first-order chi connectivity index (χ1) is 10.8. The number of carbonyl (C=O) groups is 1. The van der Waals surface area contributed by atoms with Gasteiger partial charge >= 0.3 is 0 Å². The molecule has 3 rings (SSSR count). The van der Waals surface area contributed by atoms with Gasteiger partial charge in [0, 0.05) is 19.3 Å². The third kappa shape index (κ3) is 3.50. The first-order valence-electron chi connectivity index (χ1n) is 8.40. The maximum atomic E-state index is 12.2. The lowest BCUT2D eigenvalue weighted by Gasteiger charge is -2.30. The van der Waals surface area contributed by atoms with E-state index in [1.807, 2.05) is 4.90 Å². The van der Waals surface area contributed by atoms with Crippen molar-refractivity contribution in [3.63, 3.8) is 0 Å². The summed E-state index contributed by atoms with van der Waals surface area (Å²) in [6.45, 7) is 3.27. The van der Waals surface area contributed by atoms with Gasteiger partial charge in [-0.25, -0.2) is 0 Å². The molecule has 2 aliphatic heterocycles. The average Bonchev–Trinajstić information content (AvgIpc) is 2.55. The van der Waals surface area contributed by atoms with Crippen LogP contribution in [0.3, 0.4) is 0 Å². The summed E-state index contributed by atoms with van der Waals surface area (Å²) in [7, 11) is 1.57. The van der Waals surface area contributed by atoms with Crippen LogP contribution in [-0.4, -0.2) is 39.3 Å². The molecule has 0 bridgehead atoms. The minimum Gasteiger partial charge on any atom is -0.375 e. The Morgan fingerprint density at radius 1 is 1.36 bits per heavy atom. The molecule has 1 amide bonds. The third-order valence-corrected chi connectivity index (χ3v) is 4.81. The van der Waals surface area contributed by atoms with Crippen molar-refractivity contribution in [3.8, 4) is 0 Å². The van der Waals surface area contributed by atoms with Crippen molar-refractivity contribution < 1.29 is 9.53 Å². The van der Waals surface area contributed by atoms with Crippen LogP contribution in [0.2, 0.25) is 0 Å². The third-order valence-electron chi connectivity index (χ3n) is 4.81. The van der Waals surface area contributed by atoms with Crippen LogP contribution >= 0.6 is 0 Å². The normalized spacial score (nSPS) is 19.0. The molecule has 1 N–H and O–H groups in total. The molecule has 0 aromatic heterocycles. The number of nitrogens with one attached hydrogen (secondary N) is 1. The van der Waals surface area contributed by atoms with Crippen molar-refractivity contribution in [2.75, 3.05) is 38.3 Å². The number of aryl methyl sites for hydroxylation is 1. The summed E-state index contributed by atoms with van der Waals surface area (Å²) in [5.74, 6) is 0.865. The molecular formula is C18H26N2O2. The molecule has 0 aliphatic carbocycles. The molecule has 1 fully saturated rings. The zero-order valence-corrected chi connectivity index (χ0v) is 13.4. The van der Waals surface area contributed by atoms with Gasteiger partial charge in [0.25, 0.3) is 5.91 Å². The second-order valence-electron chi connectivity index (χ2n) is 6.44. The molecule has 1 aromatic rings. The van der Waals surface area contributed by atoms with Crippen LogP contribution in [0.15, 0.2) is 18.2 Å². The highest BCUT2D eigenvalue weighted by Gasteiger charge is 2.23. The lowest BCUT2D eigenvalue weighted by Crippen LogP contribution is -2.37. The van der Waals surface area contributed by atoms with Crippen LogP contribution in [0.5, 0.6) is 0 Å². The van der Waals surface area contributed by atoms with Gasteiger partial charge in [0.15, 0.2) is 0 Å². The number of nitrogens with zero attached hydrogens (tertiary/aromatic N) is 1. The highest BCUT2D eigenvalue weighted by molar-refractivity contribution is 5.95. The fourth-order valence-corrected chi connectivity index (χ4v) is 3.66. The van der Waals surface area contributed by atoms with Crippen molar-refractivity contribution in [2.45, 2.75) is 32.1 Å². The number of fused-ring (bicyclic) bond motifs is 1. The molecule has 2 heterocycles. The number of piperidine rings is 1. The smallest absolute Gasteiger partial charge is 0.252 e. The minimum atomic E-state index is 0.0644. The zero-order valence-electron chi connectivity index (χ0n) is 13.4. The molecule has 0 saturated carbocycles. The number of methoxy groups -OCH3 is 1. The van der Waals surface area contributed by atoms with E-state index in [0.29, 0.717) is 0 Å². The highest BCUT2D eigenvalue weighted by atomic mass is 16.5. The Morgan fingerprint density at radius 2 is 2.18 bits per heavy atom. The van der Waals surface area contributed by atoms with E-state index in [9.17, 15) is 4.79 Å². The summed E-state index contributed by atoms with van der Waals surface area (Å²) in [4.78, 5) is 14.0. The van der Waals surface area contributed by atoms with E-state index in [0.717, 1.165) is 44.1 Å². The number of hydrogen-bond acceptors (Lipinski definition) is 3. The zero-order chi connectivity index (χ0) is 15.4. The van der Waals surface area contributed by atoms with Crippen LogP contribution in [0.25, 0.3) is 0 Å². The SMILES string of the molecule is COCC(=O)N1CCCc2cc(CC3CCNCC3)ccc21. The molecule has 120 valence electrons. The Hall–Kier alpha value is -1.39. The highest BCUT2D eigenvalue weighted by Crippen LogP contribution is 2.29. The number of amides is 1. The van der Waals surface area contributed by atoms with E-state index >= 15 is 0 Å². The molecule has 4 nitrogen and oxygen atoms in total. The summed E-state index contributed by atoms with van der Waals surface area (Å²) < 4.78 is 5.00. The van der Waals surface area contributed by atoms with Gasteiger partial charge in [-0.2, -0.15) is 0 Å². The predicted octanol–water partition coefficient (Wildman–Crippen LogP) is 2.15. The second-order valence-corrected chi connectivity index (χ2v) is 6.44. The van der Waals surface area contributed by atoms with Gasteiger partial charge in [0.1, 0.15) is 6.61 Å². The quantitative estimate of drug-likeness (QED) is 0.926. The van der Waals surface area contributed by atoms with Crippen LogP contribution in [-0.2, 0) is 22.4 Å². The lowest BCUT2D eigenvalue weighted by atomic mass is 9.89. The molecule has 0 radical (unpaired) electrons. The van der Waals surface area contributed by atoms with Gasteiger partial charge in [0.2, 0.25) is 0 Å². The topological polar surface area (TPSA) is 41.6 Å². The molecule has 2 aliphatic rings. The van der Waals surface area contributed by atoms with Gasteiger partial charge in [-0.05, 0) is 68.3 Å². The lowest BCUT2D eigenvalue weighted by molar-refractivity contribution is -0.122. The molecular weight excluding hydrogens is 276 g/mol. The van der Waals surface area contributed by atoms with E-state index in [4.69, 9.17) is 4.74 Å². The molecule has 4 heteroatoms. The van der Waals surface area contributed by atoms with E-state index in [1.165, 1.54) is 30.4 Å². The van der Waals surface area contributed by atoms with Gasteiger partial charge in [-0.3, -0.25) is 4.79 Å². The minimum absolute atomic E-state index is 0.0644. The molecule has 0 spiro atoms. The number of carbonyl (C=O) groups excluding carboxylic acids is 1. The van der Waals surface area contributed by atoms with Gasteiger partial charge in [-0.1, -0.05) is 12.1 Å². The van der Waals surface area contributed by atoms with Gasteiger partial charge in [-0.15, -0.1) is 0 Å². The van der Waals surface area contributed by atoms with E-state index < -0.39 is 0 Å². The molecule has 22 heavy (non-hydrogen) atoms. The van der Waals surface area contributed by atoms with Crippen LogP contribution in [0, 0.1) is 5.92 Å². The number of rotatable bonds is 4. The Bertz CT molecular complexity index is 524. The molecule has 1 saturated heterocycles. The maximum Gasteiger partial charge on any atom is 0.252 e. The second kappa shape index (κ2) is 7.25. The van der Waals surface area contributed by atoms with Gasteiger partial charge in [0.05, 0.1) is 0 Å². The number of anilines is 1. The van der Waals surface area contributed by atoms with Crippen molar-refractivity contribution in [1.82, 2.24) is 5.32 Å². The van der Waals surface area contributed by atoms with Crippen LogP contribution in [0.1, 0.15) is 30.4 Å². The Kier molecular flexibility index (Phi) is 5.11. The summed E-state index contributed by atoms with van der Waals surface area (Å²) in [6.07, 6.45) is 5.83. The van der Waals surface area contributed by atoms with E-state index in [-0.39, 0.29) is 12.5 Å². The largest absolute Gasteiger partial charge is 0.375 e. The van der Waals surface area contributed by atoms with Crippen molar-refractivity contribution in [1.29, 1.82) is 0 Å². The average molecular weight is 302 g/mol. The summed E-state index contributed by atoms with van der Waals surface area (Å²) in [5.41, 5.74) is 3.83. The standard InChI is InChI=1S/C18H26N2O2/c1-22-13-18(21)20-10-2-3-16-12-15(4-5-17(16)20)11-14-6-8-19-9-7-14/h4-5,12,14,19H,2-3,6-11,13H2,1H3. The molecule has 0 atom stereocenters.